The van der Waals surface area contributed by atoms with Crippen molar-refractivity contribution >= 4 is 16.6 Å². The van der Waals surface area contributed by atoms with E-state index in [1.54, 1.807) is 23.8 Å². The van der Waals surface area contributed by atoms with Crippen molar-refractivity contribution in [3.8, 4) is 11.4 Å². The molecule has 0 bridgehead atoms. The highest BCUT2D eigenvalue weighted by molar-refractivity contribution is 5.74. The minimum atomic E-state index is -0.415. The Morgan fingerprint density at radius 2 is 1.67 bits per heavy atom. The van der Waals surface area contributed by atoms with Crippen LogP contribution in [-0.2, 0) is 6.54 Å². The highest BCUT2D eigenvalue weighted by Gasteiger charge is 2.22. The van der Waals surface area contributed by atoms with Crippen LogP contribution in [0.3, 0.4) is 0 Å². The first-order chi connectivity index (χ1) is 14.5. The number of methoxy groups -OCH3 is 1. The summed E-state index contributed by atoms with van der Waals surface area (Å²) in [5.41, 5.74) is 2.39. The second-order valence-electron chi connectivity index (χ2n) is 6.91. The van der Waals surface area contributed by atoms with Gasteiger partial charge in [0, 0.05) is 19.1 Å². The van der Waals surface area contributed by atoms with Crippen molar-refractivity contribution < 1.29 is 14.2 Å². The number of hydrogen-bond donors (Lipinski definition) is 0. The lowest BCUT2D eigenvalue weighted by Crippen LogP contribution is -2.45. The van der Waals surface area contributed by atoms with E-state index < -0.39 is 4.92 Å². The van der Waals surface area contributed by atoms with E-state index in [0.29, 0.717) is 17.7 Å². The predicted octanol–water partition coefficient (Wildman–Crippen LogP) is 3.55. The SMILES string of the molecule is COc1ccc(-n2c(C)[n+](Cc3ccc([N+](=O)[O-])cc3)c3ccccc3c2=O)cc1. The number of para-hydroxylation sites is 1. The Labute approximate surface area is 172 Å². The Hall–Kier alpha value is -4.00. The second-order valence-corrected chi connectivity index (χ2v) is 6.91. The maximum atomic E-state index is 13.3. The molecule has 0 aliphatic heterocycles. The fourth-order valence-electron chi connectivity index (χ4n) is 3.59. The van der Waals surface area contributed by atoms with Crippen molar-refractivity contribution in [1.29, 1.82) is 0 Å². The van der Waals surface area contributed by atoms with Crippen LogP contribution in [0.15, 0.2) is 77.6 Å². The summed E-state index contributed by atoms with van der Waals surface area (Å²) in [4.78, 5) is 23.8. The van der Waals surface area contributed by atoms with Gasteiger partial charge in [-0.05, 0) is 54.1 Å². The Bertz CT molecular complexity index is 1290. The van der Waals surface area contributed by atoms with Crippen molar-refractivity contribution in [2.75, 3.05) is 7.11 Å². The van der Waals surface area contributed by atoms with Crippen molar-refractivity contribution in [2.45, 2.75) is 13.5 Å². The zero-order chi connectivity index (χ0) is 21.3. The van der Waals surface area contributed by atoms with Gasteiger partial charge in [-0.2, -0.15) is 4.57 Å². The van der Waals surface area contributed by atoms with E-state index >= 15 is 0 Å². The van der Waals surface area contributed by atoms with E-state index in [-0.39, 0.29) is 11.2 Å². The topological polar surface area (TPSA) is 78.2 Å². The molecule has 0 amide bonds. The van der Waals surface area contributed by atoms with E-state index in [1.165, 1.54) is 12.1 Å². The zero-order valence-corrected chi connectivity index (χ0v) is 16.6. The number of nitro benzene ring substituents is 1. The summed E-state index contributed by atoms with van der Waals surface area (Å²) in [7, 11) is 1.60. The van der Waals surface area contributed by atoms with Gasteiger partial charge in [0.25, 0.3) is 11.5 Å². The number of aromatic nitrogens is 2. The number of ether oxygens (including phenoxy) is 1. The van der Waals surface area contributed by atoms with Gasteiger partial charge >= 0.3 is 5.56 Å². The molecule has 7 nitrogen and oxygen atoms in total. The fourth-order valence-corrected chi connectivity index (χ4v) is 3.59. The molecule has 0 fully saturated rings. The number of nitrogens with zero attached hydrogens (tertiary/aromatic N) is 3. The molecule has 4 rings (SSSR count). The largest absolute Gasteiger partial charge is 0.497 e. The standard InChI is InChI=1S/C23H20N3O4/c1-16-24(15-17-7-9-19(10-8-17)26(28)29)22-6-4-3-5-21(22)23(27)25(16)18-11-13-20(30-2)14-12-18/h3-14H,15H2,1-2H3/q+1. The monoisotopic (exact) mass is 402 g/mol. The van der Waals surface area contributed by atoms with E-state index in [1.807, 2.05) is 60.0 Å². The van der Waals surface area contributed by atoms with Gasteiger partial charge in [0.1, 0.15) is 28.9 Å². The summed E-state index contributed by atoms with van der Waals surface area (Å²) in [6, 6.07) is 21.2. The summed E-state index contributed by atoms with van der Waals surface area (Å²) in [5, 5.41) is 11.5. The third-order valence-electron chi connectivity index (χ3n) is 5.16. The second kappa shape index (κ2) is 7.79. The maximum absolute atomic E-state index is 13.3. The van der Waals surface area contributed by atoms with Gasteiger partial charge in [-0.15, -0.1) is 0 Å². The minimum absolute atomic E-state index is 0.0496. The van der Waals surface area contributed by atoms with E-state index in [2.05, 4.69) is 0 Å². The lowest BCUT2D eigenvalue weighted by atomic mass is 10.1. The van der Waals surface area contributed by atoms with Crippen molar-refractivity contribution in [2.24, 2.45) is 0 Å². The molecule has 0 saturated heterocycles. The van der Waals surface area contributed by atoms with Crippen LogP contribution in [0.1, 0.15) is 11.4 Å². The molecule has 7 heteroatoms. The first-order valence-electron chi connectivity index (χ1n) is 9.41. The molecule has 0 N–H and O–H groups in total. The van der Waals surface area contributed by atoms with Crippen LogP contribution in [0.5, 0.6) is 5.75 Å². The number of benzene rings is 3. The molecule has 3 aromatic carbocycles. The van der Waals surface area contributed by atoms with Crippen molar-refractivity contribution in [1.82, 2.24) is 4.57 Å². The van der Waals surface area contributed by atoms with E-state index in [4.69, 9.17) is 4.74 Å². The van der Waals surface area contributed by atoms with Crippen LogP contribution in [0.25, 0.3) is 16.6 Å². The first kappa shape index (κ1) is 19.3. The van der Waals surface area contributed by atoms with Gasteiger partial charge in [0.2, 0.25) is 0 Å². The van der Waals surface area contributed by atoms with Gasteiger partial charge in [-0.3, -0.25) is 10.1 Å². The molecule has 0 unspecified atom stereocenters. The van der Waals surface area contributed by atoms with Gasteiger partial charge in [0.15, 0.2) is 0 Å². The van der Waals surface area contributed by atoms with Crippen molar-refractivity contribution in [3.05, 3.63) is 105 Å². The molecule has 30 heavy (non-hydrogen) atoms. The molecular weight excluding hydrogens is 382 g/mol. The molecular formula is C23H20N3O4+. The third-order valence-corrected chi connectivity index (χ3v) is 5.16. The van der Waals surface area contributed by atoms with Crippen LogP contribution < -0.4 is 14.9 Å². The number of fused-ring (bicyclic) bond motifs is 1. The lowest BCUT2D eigenvalue weighted by molar-refractivity contribution is -0.673. The highest BCUT2D eigenvalue weighted by Crippen LogP contribution is 2.17. The molecule has 4 aromatic rings. The maximum Gasteiger partial charge on any atom is 0.350 e. The number of hydrogen-bond acceptors (Lipinski definition) is 4. The van der Waals surface area contributed by atoms with Crippen LogP contribution >= 0.6 is 0 Å². The number of nitro groups is 1. The smallest absolute Gasteiger partial charge is 0.350 e. The fraction of sp³-hybridized carbons (Fsp3) is 0.130. The van der Waals surface area contributed by atoms with Gasteiger partial charge in [0.05, 0.1) is 12.0 Å². The Kier molecular flexibility index (Phi) is 5.02. The molecule has 1 aromatic heterocycles. The van der Waals surface area contributed by atoms with Gasteiger partial charge in [-0.1, -0.05) is 12.1 Å². The molecule has 0 aliphatic carbocycles. The van der Waals surface area contributed by atoms with E-state index in [0.717, 1.165) is 22.6 Å². The molecule has 0 spiro atoms. The average Bonchev–Trinajstić information content (AvgIpc) is 2.77. The van der Waals surface area contributed by atoms with Gasteiger partial charge < -0.3 is 4.74 Å². The highest BCUT2D eigenvalue weighted by atomic mass is 16.6. The summed E-state index contributed by atoms with van der Waals surface area (Å²) < 4.78 is 8.94. The summed E-state index contributed by atoms with van der Waals surface area (Å²) >= 11 is 0. The molecule has 0 aliphatic rings. The molecule has 0 atom stereocenters. The summed E-state index contributed by atoms with van der Waals surface area (Å²) in [5.74, 6) is 1.46. The van der Waals surface area contributed by atoms with Crippen LogP contribution in [0, 0.1) is 17.0 Å². The van der Waals surface area contributed by atoms with Crippen LogP contribution in [0.2, 0.25) is 0 Å². The van der Waals surface area contributed by atoms with Crippen molar-refractivity contribution in [3.63, 3.8) is 0 Å². The normalized spacial score (nSPS) is 10.9. The zero-order valence-electron chi connectivity index (χ0n) is 16.6. The average molecular weight is 402 g/mol. The Morgan fingerprint density at radius 3 is 2.30 bits per heavy atom. The Balaban J connectivity index is 1.90. The number of non-ortho nitro benzene ring substituents is 1. The molecule has 150 valence electrons. The third kappa shape index (κ3) is 3.41. The van der Waals surface area contributed by atoms with Gasteiger partial charge in [-0.25, -0.2) is 9.36 Å². The molecule has 0 radical (unpaired) electrons. The minimum Gasteiger partial charge on any atom is -0.497 e. The quantitative estimate of drug-likeness (QED) is 0.291. The Morgan fingerprint density at radius 1 is 1.00 bits per heavy atom. The van der Waals surface area contributed by atoms with Crippen LogP contribution in [-0.4, -0.2) is 16.6 Å². The van der Waals surface area contributed by atoms with Crippen LogP contribution in [0.4, 0.5) is 5.69 Å². The van der Waals surface area contributed by atoms with E-state index in [9.17, 15) is 14.9 Å². The molecule has 1 heterocycles. The summed E-state index contributed by atoms with van der Waals surface area (Å²) in [6.07, 6.45) is 0. The molecule has 0 saturated carbocycles. The summed E-state index contributed by atoms with van der Waals surface area (Å²) in [6.45, 7) is 2.37. The predicted molar refractivity (Wildman–Crippen MR) is 113 cm³/mol. The first-order valence-corrected chi connectivity index (χ1v) is 9.41. The lowest BCUT2D eigenvalue weighted by Gasteiger charge is -2.12. The number of rotatable bonds is 5.